The van der Waals surface area contributed by atoms with Crippen LogP contribution in [0.4, 0.5) is 0 Å². The van der Waals surface area contributed by atoms with Crippen molar-refractivity contribution in [1.82, 2.24) is 4.98 Å². The highest BCUT2D eigenvalue weighted by Crippen LogP contribution is 2.32. The van der Waals surface area contributed by atoms with Gasteiger partial charge in [0.1, 0.15) is 0 Å². The van der Waals surface area contributed by atoms with Crippen LogP contribution in [0.1, 0.15) is 64.5 Å². The quantitative estimate of drug-likeness (QED) is 0.448. The van der Waals surface area contributed by atoms with Gasteiger partial charge in [-0.1, -0.05) is 50.1 Å². The SMILES string of the molecule is CCCCCc1[nH]c2cc(C(=O)O)c(C)c(CCc3ccccc3)c2c1CO. The van der Waals surface area contributed by atoms with Gasteiger partial charge in [0.2, 0.25) is 0 Å². The summed E-state index contributed by atoms with van der Waals surface area (Å²) in [4.78, 5) is 15.2. The topological polar surface area (TPSA) is 73.3 Å². The molecule has 4 heteroatoms. The second kappa shape index (κ2) is 9.07. The molecule has 1 heterocycles. The summed E-state index contributed by atoms with van der Waals surface area (Å²) >= 11 is 0. The van der Waals surface area contributed by atoms with Gasteiger partial charge in [-0.2, -0.15) is 0 Å². The van der Waals surface area contributed by atoms with Crippen molar-refractivity contribution in [3.05, 3.63) is 69.9 Å². The lowest BCUT2D eigenvalue weighted by Gasteiger charge is -2.13. The Labute approximate surface area is 166 Å². The summed E-state index contributed by atoms with van der Waals surface area (Å²) in [5.41, 5.74) is 6.16. The van der Waals surface area contributed by atoms with Crippen LogP contribution in [0, 0.1) is 6.92 Å². The molecule has 2 aromatic carbocycles. The molecule has 0 radical (unpaired) electrons. The van der Waals surface area contributed by atoms with Crippen LogP contribution < -0.4 is 0 Å². The lowest BCUT2D eigenvalue weighted by atomic mass is 9.91. The molecular formula is C24H29NO3. The zero-order valence-electron chi connectivity index (χ0n) is 16.7. The minimum atomic E-state index is -0.909. The van der Waals surface area contributed by atoms with E-state index in [-0.39, 0.29) is 6.61 Å². The minimum absolute atomic E-state index is 0.0361. The monoisotopic (exact) mass is 379 g/mol. The van der Waals surface area contributed by atoms with Gasteiger partial charge in [0.15, 0.2) is 0 Å². The fourth-order valence-corrected chi connectivity index (χ4v) is 4.06. The van der Waals surface area contributed by atoms with Crippen molar-refractivity contribution in [1.29, 1.82) is 0 Å². The highest BCUT2D eigenvalue weighted by molar-refractivity contribution is 5.98. The van der Waals surface area contributed by atoms with Crippen LogP contribution in [-0.4, -0.2) is 21.2 Å². The largest absolute Gasteiger partial charge is 0.478 e. The first kappa shape index (κ1) is 20.2. The van der Waals surface area contributed by atoms with Gasteiger partial charge in [-0.25, -0.2) is 4.79 Å². The number of benzene rings is 2. The lowest BCUT2D eigenvalue weighted by Crippen LogP contribution is -2.05. The summed E-state index contributed by atoms with van der Waals surface area (Å²) < 4.78 is 0. The van der Waals surface area contributed by atoms with Gasteiger partial charge < -0.3 is 15.2 Å². The Balaban J connectivity index is 2.09. The van der Waals surface area contributed by atoms with Gasteiger partial charge in [0.25, 0.3) is 0 Å². The van der Waals surface area contributed by atoms with E-state index in [2.05, 4.69) is 24.0 Å². The molecule has 0 unspecified atom stereocenters. The van der Waals surface area contributed by atoms with Gasteiger partial charge >= 0.3 is 5.97 Å². The highest BCUT2D eigenvalue weighted by Gasteiger charge is 2.20. The molecule has 0 amide bonds. The van der Waals surface area contributed by atoms with E-state index in [0.717, 1.165) is 71.8 Å². The summed E-state index contributed by atoms with van der Waals surface area (Å²) in [5, 5.41) is 20.8. The van der Waals surface area contributed by atoms with Crippen LogP contribution in [0.3, 0.4) is 0 Å². The van der Waals surface area contributed by atoms with Crippen LogP contribution in [-0.2, 0) is 25.9 Å². The standard InChI is InChI=1S/C24H29NO3/c1-3-4-6-11-21-20(15-26)23-18(13-12-17-9-7-5-8-10-17)16(2)19(24(27)28)14-22(23)25-21/h5,7-10,14,25-26H,3-4,6,11-13,15H2,1-2H3,(H,27,28). The number of carbonyl (C=O) groups is 1. The number of aliphatic hydroxyl groups excluding tert-OH is 1. The average molecular weight is 380 g/mol. The molecule has 0 bridgehead atoms. The van der Waals surface area contributed by atoms with Crippen molar-refractivity contribution in [2.24, 2.45) is 0 Å². The molecule has 0 aliphatic heterocycles. The number of hydrogen-bond acceptors (Lipinski definition) is 2. The Hall–Kier alpha value is -2.59. The van der Waals surface area contributed by atoms with Crippen LogP contribution in [0.5, 0.6) is 0 Å². The maximum absolute atomic E-state index is 11.8. The number of aliphatic hydroxyl groups is 1. The van der Waals surface area contributed by atoms with Crippen molar-refractivity contribution in [3.8, 4) is 0 Å². The second-order valence-electron chi connectivity index (χ2n) is 7.44. The zero-order valence-corrected chi connectivity index (χ0v) is 16.7. The molecule has 4 nitrogen and oxygen atoms in total. The van der Waals surface area contributed by atoms with Crippen molar-refractivity contribution in [2.75, 3.05) is 0 Å². The second-order valence-corrected chi connectivity index (χ2v) is 7.44. The highest BCUT2D eigenvalue weighted by atomic mass is 16.4. The molecule has 3 N–H and O–H groups in total. The van der Waals surface area contributed by atoms with Gasteiger partial charge in [-0.05, 0) is 55.4 Å². The number of aryl methyl sites for hydroxylation is 3. The number of aromatic carboxylic acids is 1. The van der Waals surface area contributed by atoms with E-state index in [1.165, 1.54) is 5.56 Å². The van der Waals surface area contributed by atoms with E-state index in [0.29, 0.717) is 5.56 Å². The summed E-state index contributed by atoms with van der Waals surface area (Å²) in [7, 11) is 0. The Morgan fingerprint density at radius 2 is 1.79 bits per heavy atom. The summed E-state index contributed by atoms with van der Waals surface area (Å²) in [5.74, 6) is -0.909. The third-order valence-electron chi connectivity index (χ3n) is 5.59. The van der Waals surface area contributed by atoms with E-state index in [9.17, 15) is 15.0 Å². The third-order valence-corrected chi connectivity index (χ3v) is 5.59. The Bertz CT molecular complexity index is 957. The molecule has 0 aliphatic rings. The normalized spacial score (nSPS) is 11.2. The fourth-order valence-electron chi connectivity index (χ4n) is 4.06. The van der Waals surface area contributed by atoms with Gasteiger partial charge in [0.05, 0.1) is 12.2 Å². The van der Waals surface area contributed by atoms with Crippen molar-refractivity contribution < 1.29 is 15.0 Å². The van der Waals surface area contributed by atoms with Gasteiger partial charge in [0, 0.05) is 22.2 Å². The van der Waals surface area contributed by atoms with Crippen LogP contribution in [0.25, 0.3) is 10.9 Å². The molecule has 0 aliphatic carbocycles. The molecule has 0 saturated heterocycles. The first-order chi connectivity index (χ1) is 13.6. The smallest absolute Gasteiger partial charge is 0.336 e. The van der Waals surface area contributed by atoms with E-state index in [1.807, 2.05) is 25.1 Å². The minimum Gasteiger partial charge on any atom is -0.478 e. The molecule has 148 valence electrons. The number of carboxylic acids is 1. The van der Waals surface area contributed by atoms with Crippen LogP contribution >= 0.6 is 0 Å². The summed E-state index contributed by atoms with van der Waals surface area (Å²) in [6, 6.07) is 11.9. The van der Waals surface area contributed by atoms with Crippen molar-refractivity contribution >= 4 is 16.9 Å². The number of hydrogen-bond donors (Lipinski definition) is 3. The predicted molar refractivity (Wildman–Crippen MR) is 113 cm³/mol. The molecule has 0 atom stereocenters. The number of carboxylic acid groups (broad SMARTS) is 1. The molecule has 28 heavy (non-hydrogen) atoms. The number of nitrogens with one attached hydrogen (secondary N) is 1. The van der Waals surface area contributed by atoms with Crippen molar-refractivity contribution in [3.63, 3.8) is 0 Å². The van der Waals surface area contributed by atoms with E-state index >= 15 is 0 Å². The summed E-state index contributed by atoms with van der Waals surface area (Å²) in [6.45, 7) is 4.02. The molecule has 0 spiro atoms. The van der Waals surface area contributed by atoms with Gasteiger partial charge in [-0.3, -0.25) is 0 Å². The predicted octanol–water partition coefficient (Wildman–Crippen LogP) is 5.18. The number of unbranched alkanes of at least 4 members (excludes halogenated alkanes) is 2. The fraction of sp³-hybridized carbons (Fsp3) is 0.375. The number of rotatable bonds is 9. The van der Waals surface area contributed by atoms with E-state index < -0.39 is 5.97 Å². The molecule has 3 aromatic rings. The van der Waals surface area contributed by atoms with Gasteiger partial charge in [-0.15, -0.1) is 0 Å². The molecule has 0 saturated carbocycles. The first-order valence-corrected chi connectivity index (χ1v) is 10.1. The van der Waals surface area contributed by atoms with Crippen LogP contribution in [0.2, 0.25) is 0 Å². The zero-order chi connectivity index (χ0) is 20.1. The average Bonchev–Trinajstić information content (AvgIpc) is 3.05. The molecule has 1 aromatic heterocycles. The number of fused-ring (bicyclic) bond motifs is 1. The molecule has 0 fully saturated rings. The third kappa shape index (κ3) is 4.12. The molecular weight excluding hydrogens is 350 g/mol. The number of aromatic amines is 1. The lowest BCUT2D eigenvalue weighted by molar-refractivity contribution is 0.0696. The Kier molecular flexibility index (Phi) is 6.53. The number of aromatic nitrogens is 1. The maximum atomic E-state index is 11.8. The van der Waals surface area contributed by atoms with E-state index in [4.69, 9.17) is 0 Å². The Morgan fingerprint density at radius 1 is 1.04 bits per heavy atom. The number of H-pyrrole nitrogens is 1. The maximum Gasteiger partial charge on any atom is 0.336 e. The Morgan fingerprint density at radius 3 is 2.43 bits per heavy atom. The summed E-state index contributed by atoms with van der Waals surface area (Å²) in [6.07, 6.45) is 5.78. The first-order valence-electron chi connectivity index (χ1n) is 10.1. The van der Waals surface area contributed by atoms with E-state index in [1.54, 1.807) is 6.07 Å². The van der Waals surface area contributed by atoms with Crippen molar-refractivity contribution in [2.45, 2.75) is 59.0 Å². The molecule has 3 rings (SSSR count). The van der Waals surface area contributed by atoms with Crippen LogP contribution in [0.15, 0.2) is 36.4 Å².